The minimum atomic E-state index is -4.64. The molecule has 3 aromatic carbocycles. The van der Waals surface area contributed by atoms with E-state index in [1.807, 2.05) is 25.1 Å². The van der Waals surface area contributed by atoms with Crippen molar-refractivity contribution in [1.82, 2.24) is 15.1 Å². The number of carbonyl (C=O) groups excluding carboxylic acids is 4. The number of thiocarbonyl (C=S) groups is 1. The average molecular weight is 869 g/mol. The van der Waals surface area contributed by atoms with Crippen LogP contribution in [0.5, 0.6) is 5.75 Å². The second-order valence-electron chi connectivity index (χ2n) is 16.1. The molecule has 1 atom stereocenters. The van der Waals surface area contributed by atoms with Crippen LogP contribution in [0.4, 0.5) is 41.6 Å². The highest BCUT2D eigenvalue weighted by Gasteiger charge is 2.52. The van der Waals surface area contributed by atoms with Gasteiger partial charge in [-0.15, -0.1) is 0 Å². The van der Waals surface area contributed by atoms with Gasteiger partial charge in [-0.3, -0.25) is 39.2 Å². The Hall–Kier alpha value is -4.97. The van der Waals surface area contributed by atoms with Crippen molar-refractivity contribution in [3.63, 3.8) is 0 Å². The van der Waals surface area contributed by atoms with Gasteiger partial charge in [-0.25, -0.2) is 0 Å². The van der Waals surface area contributed by atoms with Crippen LogP contribution >= 0.6 is 23.8 Å². The average Bonchev–Trinajstić information content (AvgIpc) is 3.92. The van der Waals surface area contributed by atoms with Gasteiger partial charge in [0, 0.05) is 73.0 Å². The number of piperazine rings is 1. The topological polar surface area (TPSA) is 139 Å². The lowest BCUT2D eigenvalue weighted by Gasteiger charge is -2.41. The van der Waals surface area contributed by atoms with E-state index in [-0.39, 0.29) is 46.8 Å². The number of anilines is 5. The number of nitrogens with zero attached hydrogens (tertiary/aromatic N) is 4. The van der Waals surface area contributed by atoms with Gasteiger partial charge in [0.25, 0.3) is 5.91 Å². The van der Waals surface area contributed by atoms with Crippen LogP contribution in [0.2, 0.25) is 5.02 Å². The van der Waals surface area contributed by atoms with Crippen LogP contribution in [0.3, 0.4) is 0 Å². The van der Waals surface area contributed by atoms with Crippen molar-refractivity contribution in [1.29, 1.82) is 0 Å². The summed E-state index contributed by atoms with van der Waals surface area (Å²) in [6, 6.07) is 13.7. The summed E-state index contributed by atoms with van der Waals surface area (Å²) < 4.78 is 48.0. The predicted octanol–water partition coefficient (Wildman–Crippen LogP) is 6.26. The second kappa shape index (κ2) is 16.8. The summed E-state index contributed by atoms with van der Waals surface area (Å²) in [5.74, 6) is -0.621. The Labute approximate surface area is 356 Å². The largest absolute Gasteiger partial charge is 0.492 e. The third kappa shape index (κ3) is 8.90. The van der Waals surface area contributed by atoms with E-state index in [9.17, 15) is 32.3 Å². The van der Waals surface area contributed by atoms with E-state index in [1.54, 1.807) is 36.9 Å². The van der Waals surface area contributed by atoms with E-state index in [0.29, 0.717) is 60.4 Å². The maximum Gasteiger partial charge on any atom is 0.418 e. The third-order valence-corrected chi connectivity index (χ3v) is 12.2. The molecule has 320 valence electrons. The molecule has 13 nitrogen and oxygen atoms in total. The monoisotopic (exact) mass is 868 g/mol. The van der Waals surface area contributed by atoms with Crippen molar-refractivity contribution in [2.45, 2.75) is 76.2 Å². The van der Waals surface area contributed by atoms with Gasteiger partial charge in [-0.2, -0.15) is 13.2 Å². The minimum Gasteiger partial charge on any atom is -0.492 e. The summed E-state index contributed by atoms with van der Waals surface area (Å²) in [7, 11) is 1.41. The fraction of sp³-hybridized carbons (Fsp3) is 0.452. The Morgan fingerprint density at radius 1 is 1.02 bits per heavy atom. The maximum absolute atomic E-state index is 13.9. The summed E-state index contributed by atoms with van der Waals surface area (Å²) >= 11 is 12.1. The first-order chi connectivity index (χ1) is 28.4. The van der Waals surface area contributed by atoms with Crippen LogP contribution < -0.4 is 35.8 Å². The molecule has 4 fully saturated rings. The van der Waals surface area contributed by atoms with Gasteiger partial charge in [-0.05, 0) is 112 Å². The number of ether oxygens (including phenoxy) is 1. The van der Waals surface area contributed by atoms with Crippen LogP contribution in [-0.2, 0) is 31.8 Å². The summed E-state index contributed by atoms with van der Waals surface area (Å²) in [5, 5.41) is 11.4. The molecule has 0 aromatic heterocycles. The second-order valence-corrected chi connectivity index (χ2v) is 16.9. The van der Waals surface area contributed by atoms with Gasteiger partial charge < -0.3 is 25.6 Å². The zero-order valence-electron chi connectivity index (χ0n) is 33.8. The highest BCUT2D eigenvalue weighted by molar-refractivity contribution is 7.81. The molecule has 1 spiro atoms. The molecule has 4 aliphatic rings. The molecule has 3 heterocycles. The number of amides is 4. The molecule has 3 aromatic rings. The summed E-state index contributed by atoms with van der Waals surface area (Å²) in [5.41, 5.74) is 0.356. The number of hydrogen-bond acceptors (Lipinski definition) is 10. The molecule has 1 saturated carbocycles. The first-order valence-corrected chi connectivity index (χ1v) is 20.7. The number of imide groups is 1. The smallest absolute Gasteiger partial charge is 0.418 e. The molecule has 18 heteroatoms. The van der Waals surface area contributed by atoms with Crippen molar-refractivity contribution in [2.75, 3.05) is 72.1 Å². The van der Waals surface area contributed by atoms with Crippen molar-refractivity contribution >= 4 is 81.0 Å². The van der Waals surface area contributed by atoms with Gasteiger partial charge >= 0.3 is 6.18 Å². The number of benzene rings is 3. The predicted molar refractivity (Wildman–Crippen MR) is 229 cm³/mol. The van der Waals surface area contributed by atoms with E-state index in [4.69, 9.17) is 28.6 Å². The van der Waals surface area contributed by atoms with Gasteiger partial charge in [0.05, 0.1) is 17.8 Å². The molecule has 0 radical (unpaired) electrons. The Kier molecular flexibility index (Phi) is 12.1. The number of alkyl halides is 3. The Bertz CT molecular complexity index is 2220. The molecular weight excluding hydrogens is 821 g/mol. The Balaban J connectivity index is 0.936. The van der Waals surface area contributed by atoms with E-state index in [0.717, 1.165) is 37.6 Å². The van der Waals surface area contributed by atoms with Crippen molar-refractivity contribution in [2.24, 2.45) is 0 Å². The lowest BCUT2D eigenvalue weighted by molar-refractivity contribution is -0.137. The van der Waals surface area contributed by atoms with Gasteiger partial charge in [0.2, 0.25) is 17.7 Å². The molecule has 4 N–H and O–H groups in total. The molecule has 1 unspecified atom stereocenters. The van der Waals surface area contributed by atoms with Gasteiger partial charge in [0.15, 0.2) is 5.11 Å². The van der Waals surface area contributed by atoms with Crippen LogP contribution in [0.1, 0.15) is 57.6 Å². The van der Waals surface area contributed by atoms with Crippen LogP contribution in [0.25, 0.3) is 0 Å². The number of aryl methyl sites for hydroxylation is 1. The number of nitrogens with one attached hydrogen (secondary N) is 4. The normalized spacial score (nSPS) is 20.4. The van der Waals surface area contributed by atoms with Crippen molar-refractivity contribution < 1.29 is 37.1 Å². The quantitative estimate of drug-likeness (QED) is 0.114. The fourth-order valence-corrected chi connectivity index (χ4v) is 9.05. The van der Waals surface area contributed by atoms with Crippen LogP contribution in [0, 0.1) is 0 Å². The van der Waals surface area contributed by atoms with Crippen molar-refractivity contribution in [3.05, 3.63) is 70.7 Å². The highest BCUT2D eigenvalue weighted by atomic mass is 35.5. The number of rotatable bonds is 13. The molecule has 1 aliphatic carbocycles. The Morgan fingerprint density at radius 3 is 2.43 bits per heavy atom. The molecule has 7 rings (SSSR count). The SMILES string of the molecule is CCc1cc(N2C(=S)N(c3ccc(NC)c(C(F)(F)F)c3)C(=O)C2(C)C)ccc1OCCN1CCN(CC(=O)Nc2cc(Cl)cc(NC3CCC(=O)NC3=O)c2)C2(CC2)C1. The van der Waals surface area contributed by atoms with Crippen LogP contribution in [0.15, 0.2) is 54.6 Å². The number of piperidine rings is 1. The first-order valence-electron chi connectivity index (χ1n) is 19.9. The summed E-state index contributed by atoms with van der Waals surface area (Å²) in [6.07, 6.45) is -1.45. The zero-order valence-corrected chi connectivity index (χ0v) is 35.4. The fourth-order valence-electron chi connectivity index (χ4n) is 8.29. The van der Waals surface area contributed by atoms with Crippen molar-refractivity contribution in [3.8, 4) is 5.75 Å². The highest BCUT2D eigenvalue weighted by Crippen LogP contribution is 2.45. The number of hydrogen-bond donors (Lipinski definition) is 4. The molecule has 0 bridgehead atoms. The number of halogens is 4. The molecule has 3 saturated heterocycles. The standard InChI is InChI=1S/C42H48ClF3N8O5S/c1-5-25-18-30(54-39(60)53(38(58)40(54,2)3)29-6-8-32(47-4)31(22-29)42(44,45)46)7-10-34(25)59-17-16-51-14-15-52(41(24-51)12-13-41)23-36(56)49-28-20-26(43)19-27(21-28)48-33-9-11-35(55)50-37(33)57/h6-8,10,18-22,33,47-48H,5,9,11-17,23-24H2,1-4H3,(H,49,56)(H,50,55,57). The number of carbonyl (C=O) groups is 4. The van der Waals surface area contributed by atoms with E-state index in [2.05, 4.69) is 31.1 Å². The summed E-state index contributed by atoms with van der Waals surface area (Å²) in [6.45, 7) is 8.98. The van der Waals surface area contributed by atoms with Gasteiger partial charge in [-0.1, -0.05) is 18.5 Å². The lowest BCUT2D eigenvalue weighted by atomic mass is 10.0. The molecular formula is C42H48ClF3N8O5S. The Morgan fingerprint density at radius 2 is 1.75 bits per heavy atom. The lowest BCUT2D eigenvalue weighted by Crippen LogP contribution is -2.57. The molecule has 60 heavy (non-hydrogen) atoms. The maximum atomic E-state index is 13.9. The van der Waals surface area contributed by atoms with E-state index in [1.165, 1.54) is 24.1 Å². The molecule has 3 aliphatic heterocycles. The van der Waals surface area contributed by atoms with E-state index < -0.39 is 35.1 Å². The molecule has 4 amide bonds. The van der Waals surface area contributed by atoms with Gasteiger partial charge in [0.1, 0.15) is 23.9 Å². The first kappa shape index (κ1) is 43.1. The third-order valence-electron chi connectivity index (χ3n) is 11.7. The van der Waals surface area contributed by atoms with Crippen LogP contribution in [-0.4, -0.2) is 102 Å². The zero-order chi connectivity index (χ0) is 43.1. The summed E-state index contributed by atoms with van der Waals surface area (Å²) in [4.78, 5) is 58.2. The minimum absolute atomic E-state index is 0.0360. The van der Waals surface area contributed by atoms with E-state index >= 15 is 0 Å².